The van der Waals surface area contributed by atoms with Crippen LogP contribution in [0.15, 0.2) is 12.3 Å². The van der Waals surface area contributed by atoms with Crippen molar-refractivity contribution in [2.24, 2.45) is 5.73 Å². The molecule has 1 heterocycles. The maximum atomic E-state index is 7.33. The van der Waals surface area contributed by atoms with Gasteiger partial charge in [-0.2, -0.15) is 0 Å². The van der Waals surface area contributed by atoms with Gasteiger partial charge in [-0.25, -0.2) is 9.97 Å². The topological polar surface area (TPSA) is 82.1 Å². The van der Waals surface area contributed by atoms with Gasteiger partial charge in [-0.1, -0.05) is 0 Å². The molecule has 0 amide bonds. The molecule has 1 aromatic heterocycles. The molecule has 0 spiro atoms. The zero-order chi connectivity index (χ0) is 12.8. The first-order chi connectivity index (χ1) is 8.00. The Labute approximate surface area is 102 Å². The molecule has 94 valence electrons. The van der Waals surface area contributed by atoms with Crippen molar-refractivity contribution in [1.29, 1.82) is 5.41 Å². The Morgan fingerprint density at radius 3 is 2.65 bits per heavy atom. The number of anilines is 1. The fourth-order valence-electron chi connectivity index (χ4n) is 1.41. The second-order valence-electron chi connectivity index (χ2n) is 4.23. The second-order valence-corrected chi connectivity index (χ2v) is 4.23. The lowest BCUT2D eigenvalue weighted by atomic mass is 10.3. The van der Waals surface area contributed by atoms with Gasteiger partial charge >= 0.3 is 0 Å². The minimum atomic E-state index is -0.0321. The molecule has 0 aromatic carbocycles. The summed E-state index contributed by atoms with van der Waals surface area (Å²) in [5.41, 5.74) is 5.86. The molecule has 0 aliphatic carbocycles. The van der Waals surface area contributed by atoms with Crippen LogP contribution < -0.4 is 10.6 Å². The van der Waals surface area contributed by atoms with Crippen molar-refractivity contribution < 1.29 is 0 Å². The molecular formula is C11H20N6. The maximum Gasteiger partial charge on any atom is 0.225 e. The van der Waals surface area contributed by atoms with Crippen molar-refractivity contribution in [2.45, 2.75) is 6.42 Å². The van der Waals surface area contributed by atoms with Gasteiger partial charge in [0.25, 0.3) is 0 Å². The summed E-state index contributed by atoms with van der Waals surface area (Å²) in [6.45, 7) is 1.90. The highest BCUT2D eigenvalue weighted by molar-refractivity contribution is 5.93. The quantitative estimate of drug-likeness (QED) is 0.542. The summed E-state index contributed by atoms with van der Waals surface area (Å²) >= 11 is 0. The normalized spacial score (nSPS) is 10.6. The monoisotopic (exact) mass is 236 g/mol. The van der Waals surface area contributed by atoms with E-state index in [4.69, 9.17) is 11.1 Å². The largest absolute Gasteiger partial charge is 0.382 e. The molecule has 6 heteroatoms. The van der Waals surface area contributed by atoms with E-state index in [0.717, 1.165) is 19.5 Å². The van der Waals surface area contributed by atoms with Crippen molar-refractivity contribution >= 4 is 11.8 Å². The summed E-state index contributed by atoms with van der Waals surface area (Å²) in [5.74, 6) is 0.576. The van der Waals surface area contributed by atoms with E-state index in [2.05, 4.69) is 14.9 Å². The van der Waals surface area contributed by atoms with Crippen LogP contribution in [-0.4, -0.2) is 54.9 Å². The molecule has 1 aromatic rings. The van der Waals surface area contributed by atoms with Crippen LogP contribution in [0.2, 0.25) is 0 Å². The molecule has 3 N–H and O–H groups in total. The van der Waals surface area contributed by atoms with Crippen LogP contribution in [0, 0.1) is 5.41 Å². The van der Waals surface area contributed by atoms with Crippen molar-refractivity contribution in [3.05, 3.63) is 18.0 Å². The number of nitrogens with two attached hydrogens (primary N) is 1. The fourth-order valence-corrected chi connectivity index (χ4v) is 1.41. The zero-order valence-corrected chi connectivity index (χ0v) is 10.6. The van der Waals surface area contributed by atoms with Gasteiger partial charge in [-0.15, -0.1) is 0 Å². The second kappa shape index (κ2) is 6.15. The van der Waals surface area contributed by atoms with Gasteiger partial charge in [0.2, 0.25) is 5.95 Å². The van der Waals surface area contributed by atoms with Gasteiger partial charge in [0.05, 0.1) is 0 Å². The third-order valence-electron chi connectivity index (χ3n) is 2.36. The van der Waals surface area contributed by atoms with E-state index < -0.39 is 0 Å². The van der Waals surface area contributed by atoms with Crippen LogP contribution in [0.3, 0.4) is 0 Å². The van der Waals surface area contributed by atoms with E-state index in [-0.39, 0.29) is 5.84 Å². The first-order valence-electron chi connectivity index (χ1n) is 5.54. The van der Waals surface area contributed by atoms with Gasteiger partial charge in [0, 0.05) is 19.8 Å². The van der Waals surface area contributed by atoms with Crippen LogP contribution in [0.4, 0.5) is 5.95 Å². The summed E-state index contributed by atoms with van der Waals surface area (Å²) in [6.07, 6.45) is 2.67. The summed E-state index contributed by atoms with van der Waals surface area (Å²) in [7, 11) is 6.04. The van der Waals surface area contributed by atoms with Gasteiger partial charge in [-0.05, 0) is 33.1 Å². The summed E-state index contributed by atoms with van der Waals surface area (Å²) in [6, 6.07) is 1.64. The first-order valence-corrected chi connectivity index (χ1v) is 5.54. The molecule has 6 nitrogen and oxygen atoms in total. The molecule has 0 aliphatic rings. The molecule has 0 radical (unpaired) electrons. The van der Waals surface area contributed by atoms with Crippen molar-refractivity contribution in [3.63, 3.8) is 0 Å². The van der Waals surface area contributed by atoms with Gasteiger partial charge in [-0.3, -0.25) is 5.41 Å². The van der Waals surface area contributed by atoms with Crippen molar-refractivity contribution in [2.75, 3.05) is 39.1 Å². The maximum absolute atomic E-state index is 7.33. The van der Waals surface area contributed by atoms with Crippen LogP contribution in [0.25, 0.3) is 0 Å². The summed E-state index contributed by atoms with van der Waals surface area (Å²) in [5, 5.41) is 7.33. The van der Waals surface area contributed by atoms with Crippen molar-refractivity contribution in [3.8, 4) is 0 Å². The number of nitrogen functional groups attached to an aromatic ring is 1. The Bertz CT molecular complexity index is 376. The standard InChI is InChI=1S/C11H20N6/c1-16(2)7-4-8-17(3)11-14-6-5-9(15-11)10(12)13/h5-6H,4,7-8H2,1-3H3,(H3,12,13). The van der Waals surface area contributed by atoms with Crippen LogP contribution in [0.1, 0.15) is 12.1 Å². The van der Waals surface area contributed by atoms with Gasteiger partial charge in [0.1, 0.15) is 11.5 Å². The average molecular weight is 236 g/mol. The molecule has 17 heavy (non-hydrogen) atoms. The minimum absolute atomic E-state index is 0.0321. The fraction of sp³-hybridized carbons (Fsp3) is 0.545. The SMILES string of the molecule is CN(C)CCCN(C)c1nccc(C(=N)N)n1. The molecule has 0 saturated carbocycles. The highest BCUT2D eigenvalue weighted by atomic mass is 15.2. The Morgan fingerprint density at radius 1 is 1.35 bits per heavy atom. The van der Waals surface area contributed by atoms with Gasteiger partial charge in [0.15, 0.2) is 0 Å². The van der Waals surface area contributed by atoms with E-state index >= 15 is 0 Å². The number of amidine groups is 1. The zero-order valence-electron chi connectivity index (χ0n) is 10.6. The first kappa shape index (κ1) is 13.4. The third kappa shape index (κ3) is 4.36. The predicted molar refractivity (Wildman–Crippen MR) is 69.5 cm³/mol. The number of nitrogens with zero attached hydrogens (tertiary/aromatic N) is 4. The minimum Gasteiger partial charge on any atom is -0.382 e. The lowest BCUT2D eigenvalue weighted by Gasteiger charge is -2.18. The van der Waals surface area contributed by atoms with E-state index in [1.165, 1.54) is 0 Å². The van der Waals surface area contributed by atoms with Crippen LogP contribution in [-0.2, 0) is 0 Å². The number of hydrogen-bond acceptors (Lipinski definition) is 5. The lowest BCUT2D eigenvalue weighted by molar-refractivity contribution is 0.401. The molecular weight excluding hydrogens is 216 g/mol. The smallest absolute Gasteiger partial charge is 0.225 e. The summed E-state index contributed by atoms with van der Waals surface area (Å²) < 4.78 is 0. The molecule has 0 aliphatic heterocycles. The van der Waals surface area contributed by atoms with Crippen LogP contribution in [0.5, 0.6) is 0 Å². The molecule has 0 fully saturated rings. The van der Waals surface area contributed by atoms with Crippen LogP contribution >= 0.6 is 0 Å². The van der Waals surface area contributed by atoms with E-state index in [9.17, 15) is 0 Å². The Kier molecular flexibility index (Phi) is 4.84. The number of rotatable bonds is 6. The summed E-state index contributed by atoms with van der Waals surface area (Å²) in [4.78, 5) is 12.5. The molecule has 0 unspecified atom stereocenters. The number of hydrogen-bond donors (Lipinski definition) is 2. The third-order valence-corrected chi connectivity index (χ3v) is 2.36. The van der Waals surface area contributed by atoms with E-state index in [1.807, 2.05) is 26.0 Å². The molecule has 0 bridgehead atoms. The number of nitrogens with one attached hydrogen (secondary N) is 1. The highest BCUT2D eigenvalue weighted by Gasteiger charge is 2.06. The Balaban J connectivity index is 2.59. The molecule has 0 saturated heterocycles. The highest BCUT2D eigenvalue weighted by Crippen LogP contribution is 2.05. The molecule has 0 atom stereocenters. The molecule has 1 rings (SSSR count). The Morgan fingerprint density at radius 2 is 2.06 bits per heavy atom. The number of aromatic nitrogens is 2. The van der Waals surface area contributed by atoms with E-state index in [1.54, 1.807) is 12.3 Å². The van der Waals surface area contributed by atoms with Crippen molar-refractivity contribution in [1.82, 2.24) is 14.9 Å². The van der Waals surface area contributed by atoms with E-state index in [0.29, 0.717) is 11.6 Å². The Hall–Kier alpha value is -1.69. The predicted octanol–water partition coefficient (Wildman–Crippen LogP) is 0.149. The van der Waals surface area contributed by atoms with Gasteiger partial charge < -0.3 is 15.5 Å². The lowest BCUT2D eigenvalue weighted by Crippen LogP contribution is -2.25. The average Bonchev–Trinajstić information content (AvgIpc) is 2.28.